The lowest BCUT2D eigenvalue weighted by molar-refractivity contribution is 0.229. The number of benzene rings is 3. The molecule has 0 amide bonds. The normalized spacial score (nSPS) is 16.1. The van der Waals surface area contributed by atoms with Gasteiger partial charge in [0.2, 0.25) is 0 Å². The molecule has 28 heavy (non-hydrogen) atoms. The van der Waals surface area contributed by atoms with Gasteiger partial charge in [0.05, 0.1) is 0 Å². The zero-order chi connectivity index (χ0) is 20.0. The Balaban J connectivity index is 0.000000192. The van der Waals surface area contributed by atoms with Crippen LogP contribution in [-0.4, -0.2) is 0 Å². The summed E-state index contributed by atoms with van der Waals surface area (Å²) >= 11 is 0. The molecule has 0 bridgehead atoms. The molecule has 0 spiro atoms. The van der Waals surface area contributed by atoms with Crippen LogP contribution in [0.3, 0.4) is 0 Å². The molecule has 0 nitrogen and oxygen atoms in total. The van der Waals surface area contributed by atoms with Gasteiger partial charge >= 0.3 is 0 Å². The number of allylic oxidation sites excluding steroid dienone is 4. The summed E-state index contributed by atoms with van der Waals surface area (Å²) in [6, 6.07) is 29.6. The Morgan fingerprint density at radius 1 is 0.429 bits per heavy atom. The standard InChI is InChI=1S/C18H14.C10H16/c1-3-9-15(10-4-1)17-13-7-8-14-18(17)16-11-5-2-6-12-16;1-9(2)7-5-6-8-10(9,3)4/h1-14H;5-8H,1-4H3. The Hall–Kier alpha value is -2.86. The number of hydrogen-bond acceptors (Lipinski definition) is 0. The van der Waals surface area contributed by atoms with E-state index >= 15 is 0 Å². The van der Waals surface area contributed by atoms with Gasteiger partial charge in [-0.15, -0.1) is 0 Å². The van der Waals surface area contributed by atoms with Gasteiger partial charge in [-0.25, -0.2) is 0 Å². The molecule has 3 aromatic carbocycles. The first kappa shape index (κ1) is 19.9. The van der Waals surface area contributed by atoms with Crippen molar-refractivity contribution in [2.75, 3.05) is 0 Å². The van der Waals surface area contributed by atoms with E-state index in [0.29, 0.717) is 10.8 Å². The van der Waals surface area contributed by atoms with Gasteiger partial charge in [-0.3, -0.25) is 0 Å². The van der Waals surface area contributed by atoms with Gasteiger partial charge in [0.1, 0.15) is 0 Å². The van der Waals surface area contributed by atoms with Crippen LogP contribution in [0.4, 0.5) is 0 Å². The van der Waals surface area contributed by atoms with Gasteiger partial charge in [-0.2, -0.15) is 0 Å². The highest BCUT2D eigenvalue weighted by Crippen LogP contribution is 2.42. The van der Waals surface area contributed by atoms with E-state index in [1.54, 1.807) is 0 Å². The Morgan fingerprint density at radius 3 is 1.07 bits per heavy atom. The second-order valence-corrected chi connectivity index (χ2v) is 8.44. The Bertz CT molecular complexity index is 861. The minimum atomic E-state index is 0.307. The second-order valence-electron chi connectivity index (χ2n) is 8.44. The van der Waals surface area contributed by atoms with Crippen LogP contribution in [0.25, 0.3) is 22.3 Å². The van der Waals surface area contributed by atoms with Gasteiger partial charge in [0.15, 0.2) is 0 Å². The smallest absolute Gasteiger partial charge is 0.00860 e. The highest BCUT2D eigenvalue weighted by Gasteiger charge is 2.33. The summed E-state index contributed by atoms with van der Waals surface area (Å²) in [5, 5.41) is 0. The van der Waals surface area contributed by atoms with Crippen molar-refractivity contribution in [3.8, 4) is 22.3 Å². The molecule has 0 atom stereocenters. The van der Waals surface area contributed by atoms with E-state index in [2.05, 4.69) is 137 Å². The molecule has 0 aromatic heterocycles. The van der Waals surface area contributed by atoms with E-state index in [-0.39, 0.29) is 0 Å². The van der Waals surface area contributed by atoms with E-state index in [1.807, 2.05) is 0 Å². The Morgan fingerprint density at radius 2 is 0.750 bits per heavy atom. The minimum absolute atomic E-state index is 0.307. The third kappa shape index (κ3) is 4.51. The molecule has 0 aliphatic heterocycles. The van der Waals surface area contributed by atoms with Crippen molar-refractivity contribution in [3.05, 3.63) is 109 Å². The number of hydrogen-bond donors (Lipinski definition) is 0. The number of rotatable bonds is 2. The van der Waals surface area contributed by atoms with Crippen LogP contribution in [0.5, 0.6) is 0 Å². The third-order valence-corrected chi connectivity index (χ3v) is 5.89. The van der Waals surface area contributed by atoms with Crippen LogP contribution in [0.2, 0.25) is 0 Å². The molecule has 0 saturated heterocycles. The maximum atomic E-state index is 2.27. The van der Waals surface area contributed by atoms with Crippen molar-refractivity contribution in [1.82, 2.24) is 0 Å². The minimum Gasteiger partial charge on any atom is -0.0780 e. The molecule has 0 radical (unpaired) electrons. The quantitative estimate of drug-likeness (QED) is 0.429. The summed E-state index contributed by atoms with van der Waals surface area (Å²) in [6.45, 7) is 9.08. The molecule has 3 aromatic rings. The summed E-state index contributed by atoms with van der Waals surface area (Å²) < 4.78 is 0. The first-order valence-corrected chi connectivity index (χ1v) is 9.98. The van der Waals surface area contributed by atoms with Crippen molar-refractivity contribution in [2.24, 2.45) is 10.8 Å². The van der Waals surface area contributed by atoms with E-state index in [1.165, 1.54) is 22.3 Å². The van der Waals surface area contributed by atoms with Crippen LogP contribution in [0, 0.1) is 10.8 Å². The van der Waals surface area contributed by atoms with Crippen molar-refractivity contribution in [1.29, 1.82) is 0 Å². The second kappa shape index (κ2) is 8.44. The van der Waals surface area contributed by atoms with Crippen LogP contribution < -0.4 is 0 Å². The van der Waals surface area contributed by atoms with Crippen molar-refractivity contribution < 1.29 is 0 Å². The topological polar surface area (TPSA) is 0 Å². The summed E-state index contributed by atoms with van der Waals surface area (Å²) in [5.74, 6) is 0. The molecule has 142 valence electrons. The van der Waals surface area contributed by atoms with Crippen molar-refractivity contribution in [2.45, 2.75) is 27.7 Å². The molecule has 1 aliphatic carbocycles. The van der Waals surface area contributed by atoms with Gasteiger partial charge in [0, 0.05) is 0 Å². The van der Waals surface area contributed by atoms with Gasteiger partial charge < -0.3 is 0 Å². The zero-order valence-corrected chi connectivity index (χ0v) is 17.4. The van der Waals surface area contributed by atoms with E-state index < -0.39 is 0 Å². The molecule has 0 heteroatoms. The molecule has 0 saturated carbocycles. The van der Waals surface area contributed by atoms with Gasteiger partial charge in [0.25, 0.3) is 0 Å². The highest BCUT2D eigenvalue weighted by atomic mass is 14.4. The SMILES string of the molecule is CC1(C)C=CC=CC1(C)C.c1ccc(-c2ccccc2-c2ccccc2)cc1. The molecule has 0 fully saturated rings. The maximum absolute atomic E-state index is 2.27. The van der Waals surface area contributed by atoms with Gasteiger partial charge in [-0.05, 0) is 33.1 Å². The summed E-state index contributed by atoms with van der Waals surface area (Å²) in [4.78, 5) is 0. The van der Waals surface area contributed by atoms with Crippen LogP contribution >= 0.6 is 0 Å². The predicted octanol–water partition coefficient (Wildman–Crippen LogP) is 8.19. The average Bonchev–Trinajstić information content (AvgIpc) is 2.72. The molecular weight excluding hydrogens is 336 g/mol. The van der Waals surface area contributed by atoms with Crippen LogP contribution in [-0.2, 0) is 0 Å². The zero-order valence-electron chi connectivity index (χ0n) is 17.4. The fourth-order valence-electron chi connectivity index (χ4n) is 3.24. The lowest BCUT2D eigenvalue weighted by Crippen LogP contribution is -2.29. The molecule has 0 N–H and O–H groups in total. The maximum Gasteiger partial charge on any atom is -0.00860 e. The first-order valence-electron chi connectivity index (χ1n) is 9.98. The molecule has 0 unspecified atom stereocenters. The molecular formula is C28H30. The third-order valence-electron chi connectivity index (χ3n) is 5.89. The highest BCUT2D eigenvalue weighted by molar-refractivity contribution is 5.83. The lowest BCUT2D eigenvalue weighted by atomic mass is 9.66. The predicted molar refractivity (Wildman–Crippen MR) is 123 cm³/mol. The summed E-state index contributed by atoms with van der Waals surface area (Å²) in [6.07, 6.45) is 8.80. The van der Waals surface area contributed by atoms with E-state index in [9.17, 15) is 0 Å². The fraction of sp³-hybridized carbons (Fsp3) is 0.214. The lowest BCUT2D eigenvalue weighted by Gasteiger charge is -2.38. The van der Waals surface area contributed by atoms with Crippen LogP contribution in [0.15, 0.2) is 109 Å². The van der Waals surface area contributed by atoms with E-state index in [0.717, 1.165) is 0 Å². The van der Waals surface area contributed by atoms with E-state index in [4.69, 9.17) is 0 Å². The molecule has 4 rings (SSSR count). The molecule has 1 aliphatic rings. The fourth-order valence-corrected chi connectivity index (χ4v) is 3.24. The van der Waals surface area contributed by atoms with Gasteiger partial charge in [-0.1, -0.05) is 137 Å². The Kier molecular flexibility index (Phi) is 5.99. The largest absolute Gasteiger partial charge is 0.0780 e. The summed E-state index contributed by atoms with van der Waals surface area (Å²) in [7, 11) is 0. The average molecular weight is 367 g/mol. The first-order chi connectivity index (χ1) is 13.4. The Labute approximate surface area is 170 Å². The molecule has 0 heterocycles. The van der Waals surface area contributed by atoms with Crippen molar-refractivity contribution >= 4 is 0 Å². The monoisotopic (exact) mass is 366 g/mol. The van der Waals surface area contributed by atoms with Crippen LogP contribution in [0.1, 0.15) is 27.7 Å². The van der Waals surface area contributed by atoms with Crippen molar-refractivity contribution in [3.63, 3.8) is 0 Å². The summed E-state index contributed by atoms with van der Waals surface area (Å²) in [5.41, 5.74) is 5.70.